The monoisotopic (exact) mass is 280 g/mol. The third-order valence-corrected chi connectivity index (χ3v) is 3.38. The number of methoxy groups -OCH3 is 1. The molecule has 0 saturated carbocycles. The van der Waals surface area contributed by atoms with Gasteiger partial charge in [0.25, 0.3) is 0 Å². The maximum atomic E-state index is 5.08. The minimum absolute atomic E-state index is 0.282. The molecular weight excluding hydrogens is 256 g/mol. The summed E-state index contributed by atoms with van der Waals surface area (Å²) in [4.78, 5) is 15.1. The minimum Gasteiger partial charge on any atom is -0.467 e. The normalized spacial score (nSPS) is 17.6. The molecule has 1 fully saturated rings. The van der Waals surface area contributed by atoms with Crippen LogP contribution < -0.4 is 15.4 Å². The van der Waals surface area contributed by atoms with Crippen LogP contribution in [0.25, 0.3) is 0 Å². The number of nitrogens with one attached hydrogen (secondary N) is 2. The Balaban J connectivity index is 1.93. The van der Waals surface area contributed by atoms with Crippen LogP contribution >= 0.6 is 0 Å². The first-order chi connectivity index (χ1) is 9.71. The molecule has 7 heteroatoms. The zero-order valence-corrected chi connectivity index (χ0v) is 12.5. The second-order valence-corrected chi connectivity index (χ2v) is 5.13. The molecule has 1 aliphatic heterocycles. The molecule has 2 rings (SSSR count). The molecule has 2 N–H and O–H groups in total. The van der Waals surface area contributed by atoms with Crippen molar-refractivity contribution in [2.24, 2.45) is 0 Å². The molecule has 1 saturated heterocycles. The Morgan fingerprint density at radius 1 is 1.15 bits per heavy atom. The topological polar surface area (TPSA) is 75.2 Å². The average molecular weight is 280 g/mol. The fourth-order valence-corrected chi connectivity index (χ4v) is 2.42. The van der Waals surface area contributed by atoms with Crippen LogP contribution in [-0.2, 0) is 0 Å². The van der Waals surface area contributed by atoms with E-state index in [1.54, 1.807) is 14.2 Å². The minimum atomic E-state index is 0.282. The number of ether oxygens (including phenoxy) is 1. The highest BCUT2D eigenvalue weighted by Crippen LogP contribution is 2.13. The molecule has 0 aliphatic carbocycles. The quantitative estimate of drug-likeness (QED) is 0.811. The van der Waals surface area contributed by atoms with E-state index in [1.165, 1.54) is 32.4 Å². The van der Waals surface area contributed by atoms with Crippen LogP contribution in [0.5, 0.6) is 6.01 Å². The number of hydrogen-bond acceptors (Lipinski definition) is 7. The molecular formula is C13H24N6O. The Morgan fingerprint density at radius 2 is 1.85 bits per heavy atom. The molecule has 1 atom stereocenters. The summed E-state index contributed by atoms with van der Waals surface area (Å²) in [6.07, 6.45) is 3.96. The highest BCUT2D eigenvalue weighted by molar-refractivity contribution is 5.36. The maximum absolute atomic E-state index is 5.08. The van der Waals surface area contributed by atoms with Gasteiger partial charge in [0, 0.05) is 19.6 Å². The van der Waals surface area contributed by atoms with Crippen LogP contribution in [0, 0.1) is 0 Å². The molecule has 1 aromatic heterocycles. The summed E-state index contributed by atoms with van der Waals surface area (Å²) in [5, 5.41) is 6.22. The lowest BCUT2D eigenvalue weighted by molar-refractivity contribution is 0.223. The molecule has 0 aromatic carbocycles. The van der Waals surface area contributed by atoms with E-state index >= 15 is 0 Å². The van der Waals surface area contributed by atoms with E-state index in [2.05, 4.69) is 37.4 Å². The van der Waals surface area contributed by atoms with Crippen molar-refractivity contribution >= 4 is 11.9 Å². The lowest BCUT2D eigenvalue weighted by atomic mass is 10.1. The summed E-state index contributed by atoms with van der Waals surface area (Å²) in [5.74, 6) is 1.05. The molecule has 0 radical (unpaired) electrons. The third-order valence-electron chi connectivity index (χ3n) is 3.38. The van der Waals surface area contributed by atoms with Crippen molar-refractivity contribution in [3.05, 3.63) is 0 Å². The zero-order chi connectivity index (χ0) is 14.4. The maximum Gasteiger partial charge on any atom is 0.322 e. The van der Waals surface area contributed by atoms with Gasteiger partial charge in [-0.1, -0.05) is 6.42 Å². The van der Waals surface area contributed by atoms with E-state index in [4.69, 9.17) is 4.74 Å². The highest BCUT2D eigenvalue weighted by atomic mass is 16.5. The Labute approximate surface area is 120 Å². The van der Waals surface area contributed by atoms with Gasteiger partial charge in [-0.25, -0.2) is 0 Å². The van der Waals surface area contributed by atoms with Crippen LogP contribution in [0.15, 0.2) is 0 Å². The van der Waals surface area contributed by atoms with Gasteiger partial charge in [-0.2, -0.15) is 15.0 Å². The van der Waals surface area contributed by atoms with Gasteiger partial charge in [-0.15, -0.1) is 0 Å². The number of anilines is 2. The summed E-state index contributed by atoms with van der Waals surface area (Å²) >= 11 is 0. The first-order valence-electron chi connectivity index (χ1n) is 7.18. The van der Waals surface area contributed by atoms with E-state index < -0.39 is 0 Å². The van der Waals surface area contributed by atoms with Gasteiger partial charge in [0.05, 0.1) is 7.11 Å². The van der Waals surface area contributed by atoms with E-state index in [0.29, 0.717) is 17.9 Å². The second kappa shape index (κ2) is 7.23. The summed E-state index contributed by atoms with van der Waals surface area (Å²) in [6.45, 7) is 5.52. The first-order valence-corrected chi connectivity index (χ1v) is 7.18. The van der Waals surface area contributed by atoms with Gasteiger partial charge >= 0.3 is 6.01 Å². The Hall–Kier alpha value is -1.63. The number of piperidine rings is 1. The molecule has 1 aliphatic rings. The van der Waals surface area contributed by atoms with Crippen LogP contribution in [0.2, 0.25) is 0 Å². The lowest BCUT2D eigenvalue weighted by Crippen LogP contribution is -2.38. The molecule has 2 heterocycles. The second-order valence-electron chi connectivity index (χ2n) is 5.13. The Morgan fingerprint density at radius 3 is 2.50 bits per heavy atom. The summed E-state index contributed by atoms with van der Waals surface area (Å²) in [5.41, 5.74) is 0. The van der Waals surface area contributed by atoms with Gasteiger partial charge in [-0.3, -0.25) is 0 Å². The van der Waals surface area contributed by atoms with Crippen LogP contribution in [0.3, 0.4) is 0 Å². The van der Waals surface area contributed by atoms with Gasteiger partial charge in [0.1, 0.15) is 0 Å². The van der Waals surface area contributed by atoms with Crippen molar-refractivity contribution in [1.29, 1.82) is 0 Å². The summed E-state index contributed by atoms with van der Waals surface area (Å²) in [7, 11) is 3.32. The van der Waals surface area contributed by atoms with E-state index in [0.717, 1.165) is 6.54 Å². The summed E-state index contributed by atoms with van der Waals surface area (Å²) < 4.78 is 5.08. The SMILES string of the molecule is CNc1nc(NC(C)CN2CCCCC2)nc(OC)n1. The molecule has 112 valence electrons. The number of aromatic nitrogens is 3. The fourth-order valence-electron chi connectivity index (χ4n) is 2.42. The average Bonchev–Trinajstić information content (AvgIpc) is 2.47. The van der Waals surface area contributed by atoms with Crippen molar-refractivity contribution in [3.63, 3.8) is 0 Å². The Bertz CT molecular complexity index is 399. The molecule has 1 aromatic rings. The third kappa shape index (κ3) is 4.19. The molecule has 0 amide bonds. The number of hydrogen-bond donors (Lipinski definition) is 2. The van der Waals surface area contributed by atoms with Crippen LogP contribution in [0.4, 0.5) is 11.9 Å². The van der Waals surface area contributed by atoms with Crippen LogP contribution in [-0.4, -0.2) is 59.7 Å². The fraction of sp³-hybridized carbons (Fsp3) is 0.769. The van der Waals surface area contributed by atoms with E-state index in [-0.39, 0.29) is 6.04 Å². The zero-order valence-electron chi connectivity index (χ0n) is 12.5. The Kier molecular flexibility index (Phi) is 5.34. The van der Waals surface area contributed by atoms with Crippen molar-refractivity contribution in [1.82, 2.24) is 19.9 Å². The molecule has 1 unspecified atom stereocenters. The van der Waals surface area contributed by atoms with Gasteiger partial charge < -0.3 is 20.3 Å². The van der Waals surface area contributed by atoms with E-state index in [1.807, 2.05) is 0 Å². The number of likely N-dealkylation sites (tertiary alicyclic amines) is 1. The van der Waals surface area contributed by atoms with Gasteiger partial charge in [0.15, 0.2) is 0 Å². The first kappa shape index (κ1) is 14.8. The lowest BCUT2D eigenvalue weighted by Gasteiger charge is -2.29. The molecule has 20 heavy (non-hydrogen) atoms. The predicted octanol–water partition coefficient (Wildman–Crippen LogP) is 1.21. The number of rotatable bonds is 6. The van der Waals surface area contributed by atoms with Crippen molar-refractivity contribution < 1.29 is 4.74 Å². The van der Waals surface area contributed by atoms with Crippen molar-refractivity contribution in [3.8, 4) is 6.01 Å². The van der Waals surface area contributed by atoms with Crippen molar-refractivity contribution in [2.75, 3.05) is 44.4 Å². The van der Waals surface area contributed by atoms with Gasteiger partial charge in [-0.05, 0) is 32.9 Å². The van der Waals surface area contributed by atoms with Crippen LogP contribution in [0.1, 0.15) is 26.2 Å². The van der Waals surface area contributed by atoms with E-state index in [9.17, 15) is 0 Å². The van der Waals surface area contributed by atoms with Crippen molar-refractivity contribution in [2.45, 2.75) is 32.2 Å². The molecule has 7 nitrogen and oxygen atoms in total. The largest absolute Gasteiger partial charge is 0.467 e. The molecule has 0 spiro atoms. The standard InChI is InChI=1S/C13H24N6O/c1-10(9-19-7-5-4-6-8-19)15-12-16-11(14-2)17-13(18-12)20-3/h10H,4-9H2,1-3H3,(H2,14,15,16,17,18). The van der Waals surface area contributed by atoms with Gasteiger partial charge in [0.2, 0.25) is 11.9 Å². The highest BCUT2D eigenvalue weighted by Gasteiger charge is 2.15. The molecule has 0 bridgehead atoms. The smallest absolute Gasteiger partial charge is 0.322 e. The summed E-state index contributed by atoms with van der Waals surface area (Å²) in [6, 6.07) is 0.599. The number of nitrogens with zero attached hydrogens (tertiary/aromatic N) is 4. The predicted molar refractivity (Wildman–Crippen MR) is 79.3 cm³/mol.